The minimum atomic E-state index is 0.0866. The standard InChI is InChI=1S/C21H29ClN2O2/c22-18-8-6-16(7-9-18)21(26)17-10-13-24(14-11-17)15-12-20(25)23-19-4-2-1-3-5-19/h6-9,17,19H,1-5,10-15H2,(H,23,25). The maximum absolute atomic E-state index is 12.6. The van der Waals surface area contributed by atoms with E-state index in [-0.39, 0.29) is 17.6 Å². The molecule has 1 amide bonds. The number of nitrogens with zero attached hydrogens (tertiary/aromatic N) is 1. The first kappa shape index (κ1) is 19.4. The number of hydrogen-bond acceptors (Lipinski definition) is 3. The zero-order valence-corrected chi connectivity index (χ0v) is 16.1. The second kappa shape index (κ2) is 9.52. The molecule has 2 fully saturated rings. The average molecular weight is 377 g/mol. The Hall–Kier alpha value is -1.39. The van der Waals surface area contributed by atoms with E-state index in [0.717, 1.165) is 50.9 Å². The predicted molar refractivity (Wildman–Crippen MR) is 105 cm³/mol. The SMILES string of the molecule is O=C(CCN1CCC(C(=O)c2ccc(Cl)cc2)CC1)NC1CCCCC1. The van der Waals surface area contributed by atoms with E-state index in [4.69, 9.17) is 11.6 Å². The largest absolute Gasteiger partial charge is 0.353 e. The van der Waals surface area contributed by atoms with Crippen molar-refractivity contribution in [1.82, 2.24) is 10.2 Å². The number of benzene rings is 1. The summed E-state index contributed by atoms with van der Waals surface area (Å²) in [6, 6.07) is 7.56. The molecule has 5 heteroatoms. The van der Waals surface area contributed by atoms with Crippen molar-refractivity contribution in [3.8, 4) is 0 Å². The van der Waals surface area contributed by atoms with Crippen LogP contribution in [0.1, 0.15) is 61.7 Å². The van der Waals surface area contributed by atoms with Gasteiger partial charge in [0.15, 0.2) is 5.78 Å². The molecule has 1 aromatic carbocycles. The molecule has 0 bridgehead atoms. The highest BCUT2D eigenvalue weighted by Crippen LogP contribution is 2.23. The second-order valence-corrected chi connectivity index (χ2v) is 8.08. The fourth-order valence-electron chi connectivity index (χ4n) is 4.08. The van der Waals surface area contributed by atoms with Crippen molar-refractivity contribution < 1.29 is 9.59 Å². The van der Waals surface area contributed by atoms with E-state index < -0.39 is 0 Å². The molecule has 1 aliphatic carbocycles. The normalized spacial score (nSPS) is 20.0. The summed E-state index contributed by atoms with van der Waals surface area (Å²) in [5, 5.41) is 3.84. The van der Waals surface area contributed by atoms with Crippen LogP contribution in [0.2, 0.25) is 5.02 Å². The van der Waals surface area contributed by atoms with Crippen LogP contribution in [0.4, 0.5) is 0 Å². The van der Waals surface area contributed by atoms with Crippen molar-refractivity contribution in [2.75, 3.05) is 19.6 Å². The van der Waals surface area contributed by atoms with Gasteiger partial charge in [0, 0.05) is 35.5 Å². The Balaban J connectivity index is 1.37. The third-order valence-electron chi connectivity index (χ3n) is 5.71. The number of piperidine rings is 1. The molecular formula is C21H29ClN2O2. The highest BCUT2D eigenvalue weighted by Gasteiger charge is 2.26. The molecule has 1 heterocycles. The first-order valence-electron chi connectivity index (χ1n) is 9.93. The van der Waals surface area contributed by atoms with Gasteiger partial charge in [0.25, 0.3) is 0 Å². The third-order valence-corrected chi connectivity index (χ3v) is 5.96. The van der Waals surface area contributed by atoms with E-state index in [0.29, 0.717) is 17.5 Å². The monoisotopic (exact) mass is 376 g/mol. The molecule has 0 unspecified atom stereocenters. The number of likely N-dealkylation sites (tertiary alicyclic amines) is 1. The summed E-state index contributed by atoms with van der Waals surface area (Å²) in [5.41, 5.74) is 0.750. The first-order valence-corrected chi connectivity index (χ1v) is 10.3. The summed E-state index contributed by atoms with van der Waals surface area (Å²) in [4.78, 5) is 27.0. The van der Waals surface area contributed by atoms with Crippen LogP contribution in [-0.2, 0) is 4.79 Å². The predicted octanol–water partition coefficient (Wildman–Crippen LogP) is 4.07. The molecule has 142 valence electrons. The zero-order chi connectivity index (χ0) is 18.4. The van der Waals surface area contributed by atoms with Crippen molar-refractivity contribution in [1.29, 1.82) is 0 Å². The number of hydrogen-bond donors (Lipinski definition) is 1. The van der Waals surface area contributed by atoms with Crippen LogP contribution in [0.3, 0.4) is 0 Å². The van der Waals surface area contributed by atoms with Gasteiger partial charge in [-0.3, -0.25) is 9.59 Å². The Labute approximate surface area is 161 Å². The van der Waals surface area contributed by atoms with Gasteiger partial charge in [0.05, 0.1) is 0 Å². The van der Waals surface area contributed by atoms with E-state index in [2.05, 4.69) is 10.2 Å². The second-order valence-electron chi connectivity index (χ2n) is 7.64. The zero-order valence-electron chi connectivity index (χ0n) is 15.4. The fourth-order valence-corrected chi connectivity index (χ4v) is 4.20. The molecule has 1 saturated heterocycles. The quantitative estimate of drug-likeness (QED) is 0.761. The molecule has 1 aliphatic heterocycles. The van der Waals surface area contributed by atoms with Crippen LogP contribution >= 0.6 is 11.6 Å². The highest BCUT2D eigenvalue weighted by molar-refractivity contribution is 6.30. The lowest BCUT2D eigenvalue weighted by atomic mass is 9.89. The number of rotatable bonds is 6. The van der Waals surface area contributed by atoms with Crippen LogP contribution in [0.25, 0.3) is 0 Å². The lowest BCUT2D eigenvalue weighted by Gasteiger charge is -2.31. The van der Waals surface area contributed by atoms with Crippen molar-refractivity contribution >= 4 is 23.3 Å². The van der Waals surface area contributed by atoms with Crippen molar-refractivity contribution in [2.45, 2.75) is 57.4 Å². The Morgan fingerprint density at radius 2 is 1.65 bits per heavy atom. The maximum Gasteiger partial charge on any atom is 0.221 e. The molecule has 0 aromatic heterocycles. The van der Waals surface area contributed by atoms with Gasteiger partial charge < -0.3 is 10.2 Å². The minimum absolute atomic E-state index is 0.0866. The summed E-state index contributed by atoms with van der Waals surface area (Å²) in [7, 11) is 0. The number of amides is 1. The van der Waals surface area contributed by atoms with Gasteiger partial charge in [-0.2, -0.15) is 0 Å². The van der Waals surface area contributed by atoms with Crippen LogP contribution in [0.15, 0.2) is 24.3 Å². The summed E-state index contributed by atoms with van der Waals surface area (Å²) in [6.07, 6.45) is 8.33. The topological polar surface area (TPSA) is 49.4 Å². The highest BCUT2D eigenvalue weighted by atomic mass is 35.5. The number of nitrogens with one attached hydrogen (secondary N) is 1. The lowest BCUT2D eigenvalue weighted by molar-refractivity contribution is -0.122. The van der Waals surface area contributed by atoms with E-state index in [1.165, 1.54) is 19.3 Å². The number of ketones is 1. The minimum Gasteiger partial charge on any atom is -0.353 e. The van der Waals surface area contributed by atoms with E-state index >= 15 is 0 Å². The van der Waals surface area contributed by atoms with Crippen LogP contribution in [0, 0.1) is 5.92 Å². The Bertz CT molecular complexity index is 603. The van der Waals surface area contributed by atoms with Gasteiger partial charge in [-0.25, -0.2) is 0 Å². The third kappa shape index (κ3) is 5.55. The van der Waals surface area contributed by atoms with Crippen LogP contribution in [-0.4, -0.2) is 42.3 Å². The summed E-state index contributed by atoms with van der Waals surface area (Å²) in [5.74, 6) is 0.483. The van der Waals surface area contributed by atoms with Gasteiger partial charge in [0.2, 0.25) is 5.91 Å². The molecule has 0 spiro atoms. The van der Waals surface area contributed by atoms with E-state index in [1.807, 2.05) is 12.1 Å². The molecule has 1 saturated carbocycles. The molecule has 0 atom stereocenters. The molecule has 1 N–H and O–H groups in total. The molecule has 2 aliphatic rings. The fraction of sp³-hybridized carbons (Fsp3) is 0.619. The number of halogens is 1. The maximum atomic E-state index is 12.6. The Kier molecular flexibility index (Phi) is 7.09. The molecule has 0 radical (unpaired) electrons. The average Bonchev–Trinajstić information content (AvgIpc) is 2.68. The first-order chi connectivity index (χ1) is 12.6. The number of carbonyl (C=O) groups is 2. The van der Waals surface area contributed by atoms with Crippen molar-refractivity contribution in [3.05, 3.63) is 34.9 Å². The summed E-state index contributed by atoms with van der Waals surface area (Å²) in [6.45, 7) is 2.57. The van der Waals surface area contributed by atoms with Crippen LogP contribution < -0.4 is 5.32 Å². The number of Topliss-reactive ketones (excluding diaryl/α,β-unsaturated/α-hetero) is 1. The molecule has 3 rings (SSSR count). The van der Waals surface area contributed by atoms with E-state index in [9.17, 15) is 9.59 Å². The van der Waals surface area contributed by atoms with E-state index in [1.54, 1.807) is 12.1 Å². The molecule has 4 nitrogen and oxygen atoms in total. The molecule has 26 heavy (non-hydrogen) atoms. The lowest BCUT2D eigenvalue weighted by Crippen LogP contribution is -2.40. The summed E-state index contributed by atoms with van der Waals surface area (Å²) < 4.78 is 0. The van der Waals surface area contributed by atoms with Gasteiger partial charge in [0.1, 0.15) is 0 Å². The Morgan fingerprint density at radius 3 is 2.31 bits per heavy atom. The van der Waals surface area contributed by atoms with Crippen molar-refractivity contribution in [2.24, 2.45) is 5.92 Å². The Morgan fingerprint density at radius 1 is 1.00 bits per heavy atom. The smallest absolute Gasteiger partial charge is 0.221 e. The molecule has 1 aromatic rings. The summed E-state index contributed by atoms with van der Waals surface area (Å²) >= 11 is 5.89. The van der Waals surface area contributed by atoms with Crippen LogP contribution in [0.5, 0.6) is 0 Å². The van der Waals surface area contributed by atoms with Gasteiger partial charge in [-0.1, -0.05) is 30.9 Å². The molecular weight excluding hydrogens is 348 g/mol. The van der Waals surface area contributed by atoms with Gasteiger partial charge in [-0.05, 0) is 63.0 Å². The van der Waals surface area contributed by atoms with Gasteiger partial charge in [-0.15, -0.1) is 0 Å². The van der Waals surface area contributed by atoms with Gasteiger partial charge >= 0.3 is 0 Å². The number of carbonyl (C=O) groups excluding carboxylic acids is 2. The van der Waals surface area contributed by atoms with Crippen molar-refractivity contribution in [3.63, 3.8) is 0 Å².